The van der Waals surface area contributed by atoms with E-state index in [0.717, 1.165) is 0 Å². The Morgan fingerprint density at radius 3 is 2.62 bits per heavy atom. The highest BCUT2D eigenvalue weighted by Crippen LogP contribution is 2.17. The molecule has 0 aliphatic carbocycles. The molecule has 2 rings (SSSR count). The van der Waals surface area contributed by atoms with Crippen molar-refractivity contribution in [3.63, 3.8) is 0 Å². The molecule has 1 amide bonds. The third kappa shape index (κ3) is 3.87. The first-order chi connectivity index (χ1) is 9.88. The van der Waals surface area contributed by atoms with Crippen LogP contribution in [-0.4, -0.2) is 19.3 Å². The number of nitrogens with zero attached hydrogens (tertiary/aromatic N) is 1. The predicted octanol–water partition coefficient (Wildman–Crippen LogP) is 1.22. The van der Waals surface area contributed by atoms with Crippen molar-refractivity contribution >= 4 is 15.9 Å². The number of carbonyl (C=O) groups excluding carboxylic acids is 1. The molecule has 0 spiro atoms. The van der Waals surface area contributed by atoms with E-state index in [0.29, 0.717) is 11.3 Å². The SMILES string of the molecule is CC(NC(=O)c1ccccn1)c1cccc(S(N)(=O)=O)c1. The molecule has 0 fully saturated rings. The lowest BCUT2D eigenvalue weighted by molar-refractivity contribution is 0.0935. The van der Waals surface area contributed by atoms with Gasteiger partial charge in [0.15, 0.2) is 0 Å². The number of hydrogen-bond acceptors (Lipinski definition) is 4. The van der Waals surface area contributed by atoms with Gasteiger partial charge in [-0.05, 0) is 36.8 Å². The number of rotatable bonds is 4. The number of nitrogens with two attached hydrogens (primary N) is 1. The van der Waals surface area contributed by atoms with Crippen molar-refractivity contribution in [3.8, 4) is 0 Å². The fraction of sp³-hybridized carbons (Fsp3) is 0.143. The molecule has 0 radical (unpaired) electrons. The summed E-state index contributed by atoms with van der Waals surface area (Å²) in [6.45, 7) is 1.75. The van der Waals surface area contributed by atoms with Gasteiger partial charge in [-0.1, -0.05) is 18.2 Å². The quantitative estimate of drug-likeness (QED) is 0.886. The Morgan fingerprint density at radius 2 is 2.00 bits per heavy atom. The molecule has 0 aliphatic heterocycles. The highest BCUT2D eigenvalue weighted by Gasteiger charge is 2.14. The summed E-state index contributed by atoms with van der Waals surface area (Å²) in [5.74, 6) is -0.330. The normalized spacial score (nSPS) is 12.7. The van der Waals surface area contributed by atoms with E-state index in [2.05, 4.69) is 10.3 Å². The summed E-state index contributed by atoms with van der Waals surface area (Å²) in [6, 6.07) is 10.8. The summed E-state index contributed by atoms with van der Waals surface area (Å²) >= 11 is 0. The van der Waals surface area contributed by atoms with E-state index >= 15 is 0 Å². The number of pyridine rings is 1. The molecule has 1 atom stereocenters. The monoisotopic (exact) mass is 305 g/mol. The van der Waals surface area contributed by atoms with Gasteiger partial charge < -0.3 is 5.32 Å². The maximum atomic E-state index is 12.0. The first kappa shape index (κ1) is 15.1. The molecule has 7 heteroatoms. The van der Waals surface area contributed by atoms with Crippen LogP contribution >= 0.6 is 0 Å². The van der Waals surface area contributed by atoms with Crippen LogP contribution in [0.25, 0.3) is 0 Å². The Bertz CT molecular complexity index is 745. The molecular weight excluding hydrogens is 290 g/mol. The second kappa shape index (κ2) is 6.02. The summed E-state index contributed by atoms with van der Waals surface area (Å²) in [6.07, 6.45) is 1.53. The summed E-state index contributed by atoms with van der Waals surface area (Å²) in [5, 5.41) is 7.85. The molecule has 1 aromatic heterocycles. The summed E-state index contributed by atoms with van der Waals surface area (Å²) in [5.41, 5.74) is 0.942. The lowest BCUT2D eigenvalue weighted by atomic mass is 10.1. The van der Waals surface area contributed by atoms with Gasteiger partial charge in [0.25, 0.3) is 5.91 Å². The van der Waals surface area contributed by atoms with Crippen LogP contribution in [0.1, 0.15) is 29.0 Å². The highest BCUT2D eigenvalue weighted by atomic mass is 32.2. The van der Waals surface area contributed by atoms with Crippen molar-refractivity contribution in [1.82, 2.24) is 10.3 Å². The van der Waals surface area contributed by atoms with Gasteiger partial charge in [0.2, 0.25) is 10.0 Å². The zero-order valence-corrected chi connectivity index (χ0v) is 12.2. The number of aromatic nitrogens is 1. The molecule has 1 unspecified atom stereocenters. The topological polar surface area (TPSA) is 102 Å². The number of sulfonamides is 1. The molecular formula is C14H15N3O3S. The Balaban J connectivity index is 2.18. The van der Waals surface area contributed by atoms with Crippen LogP contribution < -0.4 is 10.5 Å². The van der Waals surface area contributed by atoms with Crippen LogP contribution in [0.5, 0.6) is 0 Å². The van der Waals surface area contributed by atoms with E-state index in [-0.39, 0.29) is 16.8 Å². The van der Waals surface area contributed by atoms with E-state index in [1.54, 1.807) is 37.3 Å². The maximum absolute atomic E-state index is 12.0. The number of carbonyl (C=O) groups is 1. The number of primary sulfonamides is 1. The molecule has 110 valence electrons. The molecule has 0 bridgehead atoms. The minimum atomic E-state index is -3.76. The van der Waals surface area contributed by atoms with Crippen LogP contribution in [-0.2, 0) is 10.0 Å². The summed E-state index contributed by atoms with van der Waals surface area (Å²) in [4.78, 5) is 16.0. The van der Waals surface area contributed by atoms with Gasteiger partial charge in [-0.25, -0.2) is 13.6 Å². The molecule has 1 heterocycles. The second-order valence-corrected chi connectivity index (χ2v) is 6.09. The molecule has 1 aromatic carbocycles. The van der Waals surface area contributed by atoms with Gasteiger partial charge in [-0.2, -0.15) is 0 Å². The molecule has 6 nitrogen and oxygen atoms in total. The van der Waals surface area contributed by atoms with E-state index in [9.17, 15) is 13.2 Å². The summed E-state index contributed by atoms with van der Waals surface area (Å²) < 4.78 is 22.7. The Kier molecular flexibility index (Phi) is 4.35. The van der Waals surface area contributed by atoms with Crippen molar-refractivity contribution in [2.45, 2.75) is 17.9 Å². The number of hydrogen-bond donors (Lipinski definition) is 2. The second-order valence-electron chi connectivity index (χ2n) is 4.53. The third-order valence-electron chi connectivity index (χ3n) is 2.93. The Labute approximate surface area is 123 Å². The van der Waals surface area contributed by atoms with Crippen molar-refractivity contribution < 1.29 is 13.2 Å². The van der Waals surface area contributed by atoms with Gasteiger partial charge in [0.1, 0.15) is 5.69 Å². The minimum absolute atomic E-state index is 0.0129. The lowest BCUT2D eigenvalue weighted by Gasteiger charge is -2.14. The fourth-order valence-corrected chi connectivity index (χ4v) is 2.38. The molecule has 0 saturated carbocycles. The van der Waals surface area contributed by atoms with Gasteiger partial charge in [-0.3, -0.25) is 9.78 Å². The fourth-order valence-electron chi connectivity index (χ4n) is 1.81. The Hall–Kier alpha value is -2.25. The molecule has 3 N–H and O–H groups in total. The first-order valence-corrected chi connectivity index (χ1v) is 7.77. The van der Waals surface area contributed by atoms with Gasteiger partial charge in [0, 0.05) is 6.20 Å². The van der Waals surface area contributed by atoms with E-state index in [1.807, 2.05) is 0 Å². The number of amides is 1. The smallest absolute Gasteiger partial charge is 0.270 e. The largest absolute Gasteiger partial charge is 0.344 e. The van der Waals surface area contributed by atoms with Gasteiger partial charge >= 0.3 is 0 Å². The summed E-state index contributed by atoms with van der Waals surface area (Å²) in [7, 11) is -3.76. The predicted molar refractivity (Wildman–Crippen MR) is 77.9 cm³/mol. The highest BCUT2D eigenvalue weighted by molar-refractivity contribution is 7.89. The first-order valence-electron chi connectivity index (χ1n) is 6.22. The molecule has 0 saturated heterocycles. The third-order valence-corrected chi connectivity index (χ3v) is 3.84. The van der Waals surface area contributed by atoms with Crippen molar-refractivity contribution in [1.29, 1.82) is 0 Å². The minimum Gasteiger partial charge on any atom is -0.344 e. The average molecular weight is 305 g/mol. The number of benzene rings is 1. The van der Waals surface area contributed by atoms with E-state index < -0.39 is 10.0 Å². The maximum Gasteiger partial charge on any atom is 0.270 e. The number of nitrogens with one attached hydrogen (secondary N) is 1. The van der Waals surface area contributed by atoms with Crippen LogP contribution in [0.3, 0.4) is 0 Å². The van der Waals surface area contributed by atoms with Crippen molar-refractivity contribution in [2.75, 3.05) is 0 Å². The molecule has 2 aromatic rings. The van der Waals surface area contributed by atoms with Crippen molar-refractivity contribution in [3.05, 3.63) is 59.9 Å². The van der Waals surface area contributed by atoms with Crippen LogP contribution in [0, 0.1) is 0 Å². The standard InChI is InChI=1S/C14H15N3O3S/c1-10(17-14(18)13-7-2-3-8-16-13)11-5-4-6-12(9-11)21(15,19)20/h2-10H,1H3,(H,17,18)(H2,15,19,20). The van der Waals surface area contributed by atoms with E-state index in [4.69, 9.17) is 5.14 Å². The van der Waals surface area contributed by atoms with Gasteiger partial charge in [0.05, 0.1) is 10.9 Å². The zero-order chi connectivity index (χ0) is 15.5. The Morgan fingerprint density at radius 1 is 1.24 bits per heavy atom. The van der Waals surface area contributed by atoms with Crippen LogP contribution in [0.4, 0.5) is 0 Å². The van der Waals surface area contributed by atoms with Crippen LogP contribution in [0.2, 0.25) is 0 Å². The van der Waals surface area contributed by atoms with Gasteiger partial charge in [-0.15, -0.1) is 0 Å². The van der Waals surface area contributed by atoms with Crippen molar-refractivity contribution in [2.24, 2.45) is 5.14 Å². The molecule has 0 aliphatic rings. The molecule has 21 heavy (non-hydrogen) atoms. The van der Waals surface area contributed by atoms with Crippen LogP contribution in [0.15, 0.2) is 53.6 Å². The average Bonchev–Trinajstić information content (AvgIpc) is 2.47. The zero-order valence-electron chi connectivity index (χ0n) is 11.4. The van der Waals surface area contributed by atoms with E-state index in [1.165, 1.54) is 18.3 Å². The lowest BCUT2D eigenvalue weighted by Crippen LogP contribution is -2.27.